The van der Waals surface area contributed by atoms with E-state index in [0.29, 0.717) is 18.4 Å². The number of aliphatic hydroxyl groups excluding tert-OH is 1. The molecule has 15 heavy (non-hydrogen) atoms. The Labute approximate surface area is 92.4 Å². The third kappa shape index (κ3) is 7.33. The molecule has 0 radical (unpaired) electrons. The molecule has 4 nitrogen and oxygen atoms in total. The van der Waals surface area contributed by atoms with Gasteiger partial charge in [-0.1, -0.05) is 27.7 Å². The van der Waals surface area contributed by atoms with Gasteiger partial charge in [0, 0.05) is 12.6 Å². The van der Waals surface area contributed by atoms with Gasteiger partial charge in [-0.25, -0.2) is 0 Å². The van der Waals surface area contributed by atoms with Gasteiger partial charge in [-0.15, -0.1) is 0 Å². The van der Waals surface area contributed by atoms with Gasteiger partial charge in [0.05, 0.1) is 13.2 Å². The number of rotatable bonds is 7. The third-order valence-corrected chi connectivity index (χ3v) is 2.23. The van der Waals surface area contributed by atoms with E-state index >= 15 is 0 Å². The minimum Gasteiger partial charge on any atom is -0.395 e. The first-order valence-corrected chi connectivity index (χ1v) is 5.58. The molecule has 1 atom stereocenters. The monoisotopic (exact) mass is 216 g/mol. The third-order valence-electron chi connectivity index (χ3n) is 2.23. The maximum atomic E-state index is 11.3. The summed E-state index contributed by atoms with van der Waals surface area (Å²) in [5, 5.41) is 14.9. The van der Waals surface area contributed by atoms with Crippen molar-refractivity contribution in [3.63, 3.8) is 0 Å². The van der Waals surface area contributed by atoms with Crippen LogP contribution in [0.1, 0.15) is 27.7 Å². The summed E-state index contributed by atoms with van der Waals surface area (Å²) >= 11 is 0. The molecule has 3 N–H and O–H groups in total. The van der Waals surface area contributed by atoms with E-state index in [1.165, 1.54) is 0 Å². The van der Waals surface area contributed by atoms with Gasteiger partial charge in [0.2, 0.25) is 5.91 Å². The lowest BCUT2D eigenvalue weighted by Gasteiger charge is -2.19. The van der Waals surface area contributed by atoms with Gasteiger partial charge in [-0.2, -0.15) is 0 Å². The van der Waals surface area contributed by atoms with Gasteiger partial charge < -0.3 is 15.7 Å². The number of amides is 1. The molecule has 1 amide bonds. The quantitative estimate of drug-likeness (QED) is 0.576. The molecule has 0 aliphatic rings. The van der Waals surface area contributed by atoms with Crippen molar-refractivity contribution in [3.05, 3.63) is 0 Å². The molecular weight excluding hydrogens is 192 g/mol. The van der Waals surface area contributed by atoms with Crippen LogP contribution in [0.2, 0.25) is 0 Å². The highest BCUT2D eigenvalue weighted by Crippen LogP contribution is 1.99. The number of aliphatic hydroxyl groups is 1. The van der Waals surface area contributed by atoms with Crippen molar-refractivity contribution in [2.75, 3.05) is 19.7 Å². The Morgan fingerprint density at radius 3 is 2.27 bits per heavy atom. The first kappa shape index (κ1) is 14.4. The van der Waals surface area contributed by atoms with Crippen molar-refractivity contribution in [3.8, 4) is 0 Å². The fourth-order valence-corrected chi connectivity index (χ4v) is 1.12. The second-order valence-corrected chi connectivity index (χ2v) is 4.61. The van der Waals surface area contributed by atoms with Crippen LogP contribution in [0.4, 0.5) is 0 Å². The summed E-state index contributed by atoms with van der Waals surface area (Å²) in [5.41, 5.74) is 0. The van der Waals surface area contributed by atoms with Crippen LogP contribution < -0.4 is 10.6 Å². The highest BCUT2D eigenvalue weighted by Gasteiger charge is 2.12. The van der Waals surface area contributed by atoms with Crippen LogP contribution in [-0.2, 0) is 4.79 Å². The molecule has 0 rings (SSSR count). The number of carbonyl (C=O) groups excluding carboxylic acids is 1. The van der Waals surface area contributed by atoms with E-state index in [1.54, 1.807) is 0 Å². The second kappa shape index (κ2) is 7.65. The van der Waals surface area contributed by atoms with Gasteiger partial charge in [0.1, 0.15) is 0 Å². The van der Waals surface area contributed by atoms with E-state index in [4.69, 9.17) is 5.11 Å². The van der Waals surface area contributed by atoms with Gasteiger partial charge in [0.25, 0.3) is 0 Å². The van der Waals surface area contributed by atoms with Crippen LogP contribution in [0.15, 0.2) is 0 Å². The van der Waals surface area contributed by atoms with Crippen LogP contribution in [0.5, 0.6) is 0 Å². The van der Waals surface area contributed by atoms with E-state index in [-0.39, 0.29) is 25.1 Å². The van der Waals surface area contributed by atoms with E-state index in [9.17, 15) is 4.79 Å². The normalized spacial score (nSPS) is 13.3. The molecule has 0 fully saturated rings. The SMILES string of the molecule is CC(C)CNC(=O)CN[C@H](CO)C(C)C. The Balaban J connectivity index is 3.69. The zero-order valence-corrected chi connectivity index (χ0v) is 10.2. The molecule has 0 spiro atoms. The summed E-state index contributed by atoms with van der Waals surface area (Å²) in [6.45, 7) is 9.17. The molecule has 0 unspecified atom stereocenters. The minimum absolute atomic E-state index is 0.00481. The van der Waals surface area contributed by atoms with Crippen LogP contribution in [-0.4, -0.2) is 36.8 Å². The van der Waals surface area contributed by atoms with Crippen molar-refractivity contribution in [1.82, 2.24) is 10.6 Å². The van der Waals surface area contributed by atoms with Crippen molar-refractivity contribution in [2.45, 2.75) is 33.7 Å². The van der Waals surface area contributed by atoms with Gasteiger partial charge >= 0.3 is 0 Å². The van der Waals surface area contributed by atoms with E-state index in [0.717, 1.165) is 0 Å². The molecule has 0 bridgehead atoms. The molecule has 0 aromatic carbocycles. The summed E-state index contributed by atoms with van der Waals surface area (Å²) in [6, 6.07) is -0.00481. The van der Waals surface area contributed by atoms with Gasteiger partial charge in [-0.3, -0.25) is 4.79 Å². The van der Waals surface area contributed by atoms with Crippen molar-refractivity contribution in [1.29, 1.82) is 0 Å². The first-order valence-electron chi connectivity index (χ1n) is 5.58. The summed E-state index contributed by atoms with van der Waals surface area (Å²) in [5.74, 6) is 0.781. The van der Waals surface area contributed by atoms with Crippen LogP contribution in [0.3, 0.4) is 0 Å². The van der Waals surface area contributed by atoms with Crippen LogP contribution >= 0.6 is 0 Å². The molecule has 0 aliphatic heterocycles. The van der Waals surface area contributed by atoms with Crippen LogP contribution in [0.25, 0.3) is 0 Å². The number of hydrogen-bond donors (Lipinski definition) is 3. The number of hydrogen-bond acceptors (Lipinski definition) is 3. The Hall–Kier alpha value is -0.610. The predicted octanol–water partition coefficient (Wildman–Crippen LogP) is 0.365. The lowest BCUT2D eigenvalue weighted by molar-refractivity contribution is -0.120. The van der Waals surface area contributed by atoms with Crippen molar-refractivity contribution < 1.29 is 9.90 Å². The summed E-state index contributed by atoms with van der Waals surface area (Å²) in [4.78, 5) is 11.3. The molecule has 4 heteroatoms. The first-order chi connectivity index (χ1) is 6.97. The maximum Gasteiger partial charge on any atom is 0.233 e. The molecule has 0 aliphatic carbocycles. The molecule has 0 saturated carbocycles. The lowest BCUT2D eigenvalue weighted by Crippen LogP contribution is -2.44. The van der Waals surface area contributed by atoms with E-state index in [2.05, 4.69) is 24.5 Å². The highest BCUT2D eigenvalue weighted by molar-refractivity contribution is 5.77. The van der Waals surface area contributed by atoms with Gasteiger partial charge in [-0.05, 0) is 11.8 Å². The van der Waals surface area contributed by atoms with E-state index in [1.807, 2.05) is 13.8 Å². The fourth-order valence-electron chi connectivity index (χ4n) is 1.12. The zero-order chi connectivity index (χ0) is 11.8. The second-order valence-electron chi connectivity index (χ2n) is 4.61. The molecule has 0 saturated heterocycles. The fraction of sp³-hybridized carbons (Fsp3) is 0.909. The molecule has 0 aromatic heterocycles. The maximum absolute atomic E-state index is 11.3. The largest absolute Gasteiger partial charge is 0.395 e. The lowest BCUT2D eigenvalue weighted by atomic mass is 10.1. The Morgan fingerprint density at radius 1 is 1.27 bits per heavy atom. The standard InChI is InChI=1S/C11H24N2O2/c1-8(2)5-13-11(15)6-12-10(7-14)9(3)4/h8-10,12,14H,5-7H2,1-4H3,(H,13,15)/t10-/m1/s1. The predicted molar refractivity (Wildman–Crippen MR) is 61.6 cm³/mol. The van der Waals surface area contributed by atoms with Crippen molar-refractivity contribution in [2.24, 2.45) is 11.8 Å². The molecular formula is C11H24N2O2. The Bertz CT molecular complexity index is 181. The number of carbonyl (C=O) groups is 1. The Kier molecular flexibility index (Phi) is 7.34. The smallest absolute Gasteiger partial charge is 0.233 e. The average molecular weight is 216 g/mol. The summed E-state index contributed by atoms with van der Waals surface area (Å²) < 4.78 is 0. The Morgan fingerprint density at radius 2 is 1.87 bits per heavy atom. The summed E-state index contributed by atoms with van der Waals surface area (Å²) in [6.07, 6.45) is 0. The van der Waals surface area contributed by atoms with Crippen LogP contribution in [0, 0.1) is 11.8 Å². The minimum atomic E-state index is -0.0113. The molecule has 0 aromatic rings. The number of nitrogens with one attached hydrogen (secondary N) is 2. The average Bonchev–Trinajstić information content (AvgIpc) is 2.15. The molecule has 0 heterocycles. The zero-order valence-electron chi connectivity index (χ0n) is 10.2. The van der Waals surface area contributed by atoms with E-state index < -0.39 is 0 Å². The van der Waals surface area contributed by atoms with Crippen molar-refractivity contribution >= 4 is 5.91 Å². The topological polar surface area (TPSA) is 61.4 Å². The summed E-state index contributed by atoms with van der Waals surface area (Å²) in [7, 11) is 0. The highest BCUT2D eigenvalue weighted by atomic mass is 16.3. The van der Waals surface area contributed by atoms with Gasteiger partial charge in [0.15, 0.2) is 0 Å². The molecule has 90 valence electrons.